The molecule has 1 amide bonds. The molecule has 0 aromatic rings. The lowest BCUT2D eigenvalue weighted by atomic mass is 10.1. The third-order valence-electron chi connectivity index (χ3n) is 2.54. The van der Waals surface area contributed by atoms with Gasteiger partial charge in [0.15, 0.2) is 5.92 Å². The summed E-state index contributed by atoms with van der Waals surface area (Å²) in [6.45, 7) is 3.28. The van der Waals surface area contributed by atoms with Crippen LogP contribution in [-0.4, -0.2) is 60.3 Å². The number of hydrogen-bond acceptors (Lipinski definition) is 6. The quantitative estimate of drug-likeness (QED) is 0.499. The highest BCUT2D eigenvalue weighted by Gasteiger charge is 2.45. The molecule has 7 nitrogen and oxygen atoms in total. The number of hydrogen-bond donors (Lipinski definition) is 1. The number of esters is 2. The molecular formula is C11H17NO6. The first-order chi connectivity index (χ1) is 8.51. The summed E-state index contributed by atoms with van der Waals surface area (Å²) >= 11 is 0. The average molecular weight is 259 g/mol. The van der Waals surface area contributed by atoms with E-state index in [2.05, 4.69) is 0 Å². The summed E-state index contributed by atoms with van der Waals surface area (Å²) in [4.78, 5) is 35.6. The molecule has 0 aromatic carbocycles. The second-order valence-electron chi connectivity index (χ2n) is 3.82. The van der Waals surface area contributed by atoms with Crippen molar-refractivity contribution in [1.82, 2.24) is 4.90 Å². The van der Waals surface area contributed by atoms with Crippen LogP contribution in [-0.2, 0) is 23.9 Å². The van der Waals surface area contributed by atoms with Crippen molar-refractivity contribution in [2.24, 2.45) is 5.92 Å². The van der Waals surface area contributed by atoms with Gasteiger partial charge < -0.3 is 19.5 Å². The van der Waals surface area contributed by atoms with E-state index in [4.69, 9.17) is 9.47 Å². The van der Waals surface area contributed by atoms with Crippen LogP contribution in [0.1, 0.15) is 13.8 Å². The molecule has 0 aromatic heterocycles. The minimum Gasteiger partial charge on any atom is -0.465 e. The van der Waals surface area contributed by atoms with E-state index in [1.165, 1.54) is 0 Å². The summed E-state index contributed by atoms with van der Waals surface area (Å²) in [7, 11) is 0. The van der Waals surface area contributed by atoms with Crippen LogP contribution in [0, 0.1) is 5.92 Å². The minimum atomic E-state index is -1.24. The maximum atomic E-state index is 11.8. The van der Waals surface area contributed by atoms with Gasteiger partial charge in [0, 0.05) is 6.54 Å². The van der Waals surface area contributed by atoms with E-state index >= 15 is 0 Å². The lowest BCUT2D eigenvalue weighted by Crippen LogP contribution is -2.36. The Balaban J connectivity index is 2.63. The molecule has 1 rings (SSSR count). The van der Waals surface area contributed by atoms with Gasteiger partial charge in [0.2, 0.25) is 5.91 Å². The summed E-state index contributed by atoms with van der Waals surface area (Å²) in [5.41, 5.74) is 0. The van der Waals surface area contributed by atoms with Crippen molar-refractivity contribution in [3.05, 3.63) is 0 Å². The monoisotopic (exact) mass is 259 g/mol. The Hall–Kier alpha value is -1.63. The molecule has 1 fully saturated rings. The van der Waals surface area contributed by atoms with Gasteiger partial charge in [-0.15, -0.1) is 0 Å². The fourth-order valence-electron chi connectivity index (χ4n) is 1.78. The highest BCUT2D eigenvalue weighted by atomic mass is 16.5. The molecule has 0 bridgehead atoms. The summed E-state index contributed by atoms with van der Waals surface area (Å²) < 4.78 is 9.40. The molecule has 1 heterocycles. The van der Waals surface area contributed by atoms with Gasteiger partial charge in [-0.3, -0.25) is 14.4 Å². The maximum Gasteiger partial charge on any atom is 0.325 e. The zero-order chi connectivity index (χ0) is 13.7. The van der Waals surface area contributed by atoms with Crippen LogP contribution in [0.25, 0.3) is 0 Å². The molecule has 18 heavy (non-hydrogen) atoms. The smallest absolute Gasteiger partial charge is 0.325 e. The molecule has 1 N–H and O–H groups in total. The predicted octanol–water partition coefficient (Wildman–Crippen LogP) is -1.07. The van der Waals surface area contributed by atoms with Crippen molar-refractivity contribution in [3.63, 3.8) is 0 Å². The second-order valence-corrected chi connectivity index (χ2v) is 3.82. The fraction of sp³-hybridized carbons (Fsp3) is 0.727. The third-order valence-corrected chi connectivity index (χ3v) is 2.54. The van der Waals surface area contributed by atoms with Crippen molar-refractivity contribution in [2.45, 2.75) is 20.0 Å². The molecule has 0 unspecified atom stereocenters. The van der Waals surface area contributed by atoms with E-state index < -0.39 is 29.9 Å². The zero-order valence-electron chi connectivity index (χ0n) is 10.4. The highest BCUT2D eigenvalue weighted by molar-refractivity contribution is 6.01. The van der Waals surface area contributed by atoms with Crippen molar-refractivity contribution in [2.75, 3.05) is 26.3 Å². The number of β-amino-alcohol motifs (C(OH)–C–C–N with tert-alkyl or cyclic N) is 1. The van der Waals surface area contributed by atoms with Crippen LogP contribution >= 0.6 is 0 Å². The van der Waals surface area contributed by atoms with Crippen LogP contribution in [0.15, 0.2) is 0 Å². The van der Waals surface area contributed by atoms with Gasteiger partial charge in [-0.2, -0.15) is 0 Å². The molecule has 0 spiro atoms. The number of ether oxygens (including phenoxy) is 2. The number of rotatable bonds is 5. The Bertz CT molecular complexity index is 342. The van der Waals surface area contributed by atoms with Gasteiger partial charge in [-0.25, -0.2) is 0 Å². The Morgan fingerprint density at radius 1 is 1.33 bits per heavy atom. The highest BCUT2D eigenvalue weighted by Crippen LogP contribution is 2.20. The maximum absolute atomic E-state index is 11.8. The van der Waals surface area contributed by atoms with Gasteiger partial charge in [0.25, 0.3) is 0 Å². The van der Waals surface area contributed by atoms with E-state index in [-0.39, 0.29) is 26.3 Å². The van der Waals surface area contributed by atoms with Crippen molar-refractivity contribution in [3.8, 4) is 0 Å². The molecule has 1 aliphatic rings. The largest absolute Gasteiger partial charge is 0.465 e. The van der Waals surface area contributed by atoms with Crippen LogP contribution < -0.4 is 0 Å². The van der Waals surface area contributed by atoms with E-state index in [0.29, 0.717) is 0 Å². The SMILES string of the molecule is CCOC(=O)CN1C[C@H](O)[C@@H](C(=O)OCC)C1=O. The lowest BCUT2D eigenvalue weighted by Gasteiger charge is -2.14. The van der Waals surface area contributed by atoms with Gasteiger partial charge in [-0.1, -0.05) is 0 Å². The minimum absolute atomic E-state index is 0.0683. The van der Waals surface area contributed by atoms with Crippen LogP contribution in [0.4, 0.5) is 0 Å². The topological polar surface area (TPSA) is 93.1 Å². The first kappa shape index (κ1) is 14.4. The normalized spacial score (nSPS) is 23.1. The van der Waals surface area contributed by atoms with Crippen LogP contribution in [0.3, 0.4) is 0 Å². The summed E-state index contributed by atoms with van der Waals surface area (Å²) in [5, 5.41) is 9.65. The van der Waals surface area contributed by atoms with Crippen molar-refractivity contribution < 1.29 is 29.0 Å². The molecule has 102 valence electrons. The van der Waals surface area contributed by atoms with Crippen molar-refractivity contribution in [1.29, 1.82) is 0 Å². The van der Waals surface area contributed by atoms with Gasteiger partial charge in [0.1, 0.15) is 6.54 Å². The Morgan fingerprint density at radius 3 is 2.50 bits per heavy atom. The first-order valence-corrected chi connectivity index (χ1v) is 5.80. The molecule has 1 saturated heterocycles. The Labute approximate surface area is 105 Å². The number of carbonyl (C=O) groups excluding carboxylic acids is 3. The van der Waals surface area contributed by atoms with Crippen molar-refractivity contribution >= 4 is 17.8 Å². The summed E-state index contributed by atoms with van der Waals surface area (Å²) in [5.74, 6) is -3.17. The van der Waals surface area contributed by atoms with Crippen LogP contribution in [0.5, 0.6) is 0 Å². The average Bonchev–Trinajstić information content (AvgIpc) is 2.54. The third kappa shape index (κ3) is 3.19. The standard InChI is InChI=1S/C11H17NO6/c1-3-17-8(14)6-12-5-7(13)9(10(12)15)11(16)18-4-2/h7,9,13H,3-6H2,1-2H3/t7-,9+/m0/s1. The molecule has 0 aliphatic carbocycles. The Kier molecular flexibility index (Phi) is 5.08. The number of amides is 1. The van der Waals surface area contributed by atoms with Crippen LogP contribution in [0.2, 0.25) is 0 Å². The number of aliphatic hydroxyl groups excluding tert-OH is 1. The molecule has 1 aliphatic heterocycles. The molecule has 0 saturated carbocycles. The van der Waals surface area contributed by atoms with Gasteiger partial charge in [0.05, 0.1) is 19.3 Å². The lowest BCUT2D eigenvalue weighted by molar-refractivity contribution is -0.156. The number of nitrogens with zero attached hydrogens (tertiary/aromatic N) is 1. The van der Waals surface area contributed by atoms with E-state index in [9.17, 15) is 19.5 Å². The fourth-order valence-corrected chi connectivity index (χ4v) is 1.78. The van der Waals surface area contributed by atoms with E-state index in [0.717, 1.165) is 4.90 Å². The molecule has 0 radical (unpaired) electrons. The predicted molar refractivity (Wildman–Crippen MR) is 59.3 cm³/mol. The number of carbonyl (C=O) groups is 3. The van der Waals surface area contributed by atoms with Gasteiger partial charge in [-0.05, 0) is 13.8 Å². The number of likely N-dealkylation sites (tertiary alicyclic amines) is 1. The van der Waals surface area contributed by atoms with E-state index in [1.807, 2.05) is 0 Å². The number of aliphatic hydroxyl groups is 1. The summed E-state index contributed by atoms with van der Waals surface area (Å²) in [6, 6.07) is 0. The summed E-state index contributed by atoms with van der Waals surface area (Å²) in [6.07, 6.45) is -1.15. The molecular weight excluding hydrogens is 242 g/mol. The van der Waals surface area contributed by atoms with Gasteiger partial charge >= 0.3 is 11.9 Å². The Morgan fingerprint density at radius 2 is 1.94 bits per heavy atom. The second kappa shape index (κ2) is 6.34. The zero-order valence-corrected chi connectivity index (χ0v) is 10.4. The van der Waals surface area contributed by atoms with E-state index in [1.54, 1.807) is 13.8 Å². The molecule has 2 atom stereocenters. The first-order valence-electron chi connectivity index (χ1n) is 5.80. The molecule has 7 heteroatoms.